The molecule has 2 aromatic rings. The largest absolute Gasteiger partial charge is 0.460 e. The molecule has 1 aromatic heterocycles. The summed E-state index contributed by atoms with van der Waals surface area (Å²) in [6.07, 6.45) is 6.45. The maximum Gasteiger partial charge on any atom is 0.316 e. The first kappa shape index (κ1) is 18.9. The second-order valence-electron chi connectivity index (χ2n) is 6.09. The minimum Gasteiger partial charge on any atom is -0.460 e. The fourth-order valence-corrected chi connectivity index (χ4v) is 3.59. The van der Waals surface area contributed by atoms with E-state index in [1.807, 2.05) is 0 Å². The fraction of sp³-hybridized carbons (Fsp3) is 0.389. The summed E-state index contributed by atoms with van der Waals surface area (Å²) in [5.41, 5.74) is 0. The van der Waals surface area contributed by atoms with E-state index in [2.05, 4.69) is 15.3 Å². The van der Waals surface area contributed by atoms with Crippen LogP contribution in [0.2, 0.25) is 5.02 Å². The van der Waals surface area contributed by atoms with Crippen LogP contribution in [0.3, 0.4) is 0 Å². The lowest BCUT2D eigenvalue weighted by Gasteiger charge is -2.28. The van der Waals surface area contributed by atoms with E-state index in [0.717, 1.165) is 30.6 Å². The van der Waals surface area contributed by atoms with Crippen LogP contribution in [-0.4, -0.2) is 33.8 Å². The van der Waals surface area contributed by atoms with Crippen molar-refractivity contribution in [1.82, 2.24) is 15.3 Å². The van der Waals surface area contributed by atoms with Gasteiger partial charge >= 0.3 is 6.01 Å². The summed E-state index contributed by atoms with van der Waals surface area (Å²) in [6, 6.07) is 6.63. The van der Waals surface area contributed by atoms with Crippen LogP contribution in [0.5, 0.6) is 6.01 Å². The van der Waals surface area contributed by atoms with Crippen LogP contribution < -0.4 is 10.1 Å². The molecule has 1 aliphatic carbocycles. The van der Waals surface area contributed by atoms with E-state index in [1.54, 1.807) is 12.1 Å². The number of hydrogen-bond acceptors (Lipinski definition) is 5. The Morgan fingerprint density at radius 3 is 2.50 bits per heavy atom. The van der Waals surface area contributed by atoms with Crippen molar-refractivity contribution in [3.05, 3.63) is 47.5 Å². The second-order valence-corrected chi connectivity index (χ2v) is 7.57. The molecule has 0 saturated heterocycles. The number of carbonyl (C=O) groups is 1. The molecule has 1 saturated carbocycles. The number of thioether (sulfide) groups is 1. The summed E-state index contributed by atoms with van der Waals surface area (Å²) < 4.78 is 18.6. The quantitative estimate of drug-likeness (QED) is 0.752. The topological polar surface area (TPSA) is 64.1 Å². The monoisotopic (exact) mass is 395 g/mol. The number of benzene rings is 1. The average molecular weight is 396 g/mol. The van der Waals surface area contributed by atoms with Crippen molar-refractivity contribution in [2.45, 2.75) is 42.7 Å². The predicted octanol–water partition coefficient (Wildman–Crippen LogP) is 3.87. The summed E-state index contributed by atoms with van der Waals surface area (Å²) in [5, 5.41) is 3.53. The normalized spacial score (nSPS) is 19.8. The molecular weight excluding hydrogens is 377 g/mol. The first-order chi connectivity index (χ1) is 12.6. The molecule has 0 unspecified atom stereocenters. The molecule has 1 heterocycles. The van der Waals surface area contributed by atoms with E-state index in [1.165, 1.54) is 36.3 Å². The highest BCUT2D eigenvalue weighted by Gasteiger charge is 2.24. The van der Waals surface area contributed by atoms with E-state index >= 15 is 0 Å². The number of ether oxygens (including phenoxy) is 1. The van der Waals surface area contributed by atoms with Crippen molar-refractivity contribution < 1.29 is 13.9 Å². The summed E-state index contributed by atoms with van der Waals surface area (Å²) in [4.78, 5) is 21.0. The molecule has 138 valence electrons. The van der Waals surface area contributed by atoms with Crippen LogP contribution >= 0.6 is 23.4 Å². The van der Waals surface area contributed by atoms with Crippen LogP contribution in [0, 0.1) is 5.82 Å². The number of amides is 1. The van der Waals surface area contributed by atoms with Crippen LogP contribution in [0.1, 0.15) is 25.7 Å². The number of aromatic nitrogens is 2. The van der Waals surface area contributed by atoms with Gasteiger partial charge in [0.05, 0.1) is 23.2 Å². The number of rotatable bonds is 6. The van der Waals surface area contributed by atoms with Crippen molar-refractivity contribution >= 4 is 29.3 Å². The summed E-state index contributed by atoms with van der Waals surface area (Å²) in [5.74, 6) is 0.0345. The van der Waals surface area contributed by atoms with Crippen molar-refractivity contribution in [2.75, 3.05) is 5.75 Å². The predicted molar refractivity (Wildman–Crippen MR) is 99.0 cm³/mol. The Labute approximate surface area is 160 Å². The minimum atomic E-state index is -0.276. The lowest BCUT2D eigenvalue weighted by atomic mass is 9.93. The smallest absolute Gasteiger partial charge is 0.316 e. The van der Waals surface area contributed by atoms with Gasteiger partial charge in [-0.05, 0) is 49.9 Å². The highest BCUT2D eigenvalue weighted by Crippen LogP contribution is 2.23. The summed E-state index contributed by atoms with van der Waals surface area (Å²) in [6.45, 7) is 0. The van der Waals surface area contributed by atoms with Gasteiger partial charge in [-0.3, -0.25) is 4.79 Å². The molecule has 3 rings (SSSR count). The van der Waals surface area contributed by atoms with Gasteiger partial charge in [-0.2, -0.15) is 0 Å². The van der Waals surface area contributed by atoms with Crippen LogP contribution in [0.15, 0.2) is 41.6 Å². The van der Waals surface area contributed by atoms with Gasteiger partial charge in [0, 0.05) is 10.9 Å². The van der Waals surface area contributed by atoms with E-state index in [9.17, 15) is 9.18 Å². The van der Waals surface area contributed by atoms with Gasteiger partial charge in [0.2, 0.25) is 5.91 Å². The lowest BCUT2D eigenvalue weighted by Crippen LogP contribution is -2.40. The Morgan fingerprint density at radius 2 is 1.85 bits per heavy atom. The van der Waals surface area contributed by atoms with Gasteiger partial charge in [0.1, 0.15) is 11.9 Å². The highest BCUT2D eigenvalue weighted by molar-refractivity contribution is 8.00. The molecule has 1 N–H and O–H groups in total. The lowest BCUT2D eigenvalue weighted by molar-refractivity contribution is -0.119. The van der Waals surface area contributed by atoms with E-state index in [4.69, 9.17) is 16.3 Å². The Balaban J connectivity index is 1.37. The van der Waals surface area contributed by atoms with Crippen LogP contribution in [-0.2, 0) is 4.79 Å². The number of nitrogens with zero attached hydrogens (tertiary/aromatic N) is 2. The molecular formula is C18H19ClFN3O2S. The average Bonchev–Trinajstić information content (AvgIpc) is 2.65. The molecule has 1 aromatic carbocycles. The third kappa shape index (κ3) is 5.85. The zero-order valence-electron chi connectivity index (χ0n) is 14.0. The van der Waals surface area contributed by atoms with Gasteiger partial charge in [-0.25, -0.2) is 14.4 Å². The SMILES string of the molecule is O=C(CSc1ccc(F)cc1)NC1CCC(Oc2ncc(Cl)cn2)CC1. The molecule has 1 amide bonds. The second kappa shape index (κ2) is 9.19. The molecule has 0 radical (unpaired) electrons. The first-order valence-corrected chi connectivity index (χ1v) is 9.77. The van der Waals surface area contributed by atoms with Crippen LogP contribution in [0.4, 0.5) is 4.39 Å². The third-order valence-corrected chi connectivity index (χ3v) is 5.30. The first-order valence-electron chi connectivity index (χ1n) is 8.40. The highest BCUT2D eigenvalue weighted by atomic mass is 35.5. The molecule has 1 fully saturated rings. The van der Waals surface area contributed by atoms with Gasteiger partial charge in [-0.15, -0.1) is 11.8 Å². The Hall–Kier alpha value is -1.86. The standard InChI is InChI=1S/C18H19ClFN3O2S/c19-12-9-21-18(22-10-12)25-15-5-3-14(4-6-15)23-17(24)11-26-16-7-1-13(20)2-8-16/h1-2,7-10,14-15H,3-6,11H2,(H,23,24). The summed E-state index contributed by atoms with van der Waals surface area (Å²) in [7, 11) is 0. The van der Waals surface area contributed by atoms with E-state index in [-0.39, 0.29) is 23.9 Å². The van der Waals surface area contributed by atoms with E-state index < -0.39 is 0 Å². The molecule has 1 aliphatic rings. The van der Waals surface area contributed by atoms with Gasteiger partial charge in [0.25, 0.3) is 0 Å². The number of nitrogens with one attached hydrogen (secondary N) is 1. The molecule has 0 atom stereocenters. The molecule has 0 bridgehead atoms. The molecule has 0 aliphatic heterocycles. The Morgan fingerprint density at radius 1 is 1.19 bits per heavy atom. The Kier molecular flexibility index (Phi) is 6.68. The van der Waals surface area contributed by atoms with E-state index in [0.29, 0.717) is 16.8 Å². The zero-order valence-corrected chi connectivity index (χ0v) is 15.6. The number of hydrogen-bond donors (Lipinski definition) is 1. The molecule has 26 heavy (non-hydrogen) atoms. The van der Waals surface area contributed by atoms with Gasteiger partial charge in [0.15, 0.2) is 0 Å². The Bertz CT molecular complexity index is 722. The molecule has 0 spiro atoms. The number of carbonyl (C=O) groups excluding carboxylic acids is 1. The maximum atomic E-state index is 12.9. The van der Waals surface area contributed by atoms with Crippen LogP contribution in [0.25, 0.3) is 0 Å². The fourth-order valence-electron chi connectivity index (χ4n) is 2.78. The minimum absolute atomic E-state index is 0.00951. The van der Waals surface area contributed by atoms with Crippen molar-refractivity contribution in [1.29, 1.82) is 0 Å². The van der Waals surface area contributed by atoms with Crippen molar-refractivity contribution in [3.8, 4) is 6.01 Å². The summed E-state index contributed by atoms with van der Waals surface area (Å²) >= 11 is 7.15. The van der Waals surface area contributed by atoms with Gasteiger partial charge < -0.3 is 10.1 Å². The molecule has 8 heteroatoms. The third-order valence-electron chi connectivity index (χ3n) is 4.09. The maximum absolute atomic E-state index is 12.9. The molecule has 5 nitrogen and oxygen atoms in total. The van der Waals surface area contributed by atoms with Crippen molar-refractivity contribution in [2.24, 2.45) is 0 Å². The van der Waals surface area contributed by atoms with Gasteiger partial charge in [-0.1, -0.05) is 11.6 Å². The van der Waals surface area contributed by atoms with Crippen molar-refractivity contribution in [3.63, 3.8) is 0 Å². The number of halogens is 2. The zero-order chi connectivity index (χ0) is 18.4.